The second kappa shape index (κ2) is 7.55. The van der Waals surface area contributed by atoms with Crippen molar-refractivity contribution in [3.63, 3.8) is 0 Å². The Morgan fingerprint density at radius 3 is 2.47 bits per heavy atom. The second-order valence-electron chi connectivity index (χ2n) is 10.0. The van der Waals surface area contributed by atoms with Crippen LogP contribution in [-0.4, -0.2) is 31.7 Å². The zero-order chi connectivity index (χ0) is 21.7. The van der Waals surface area contributed by atoms with Crippen molar-refractivity contribution in [2.45, 2.75) is 50.7 Å². The van der Waals surface area contributed by atoms with Crippen LogP contribution in [0.4, 0.5) is 17.5 Å². The van der Waals surface area contributed by atoms with Gasteiger partial charge in [-0.3, -0.25) is 0 Å². The molecular weight excluding hydrogens is 398 g/mol. The minimum Gasteiger partial charge on any atom is -0.390 e. The van der Waals surface area contributed by atoms with E-state index in [1.165, 1.54) is 12.8 Å². The lowest BCUT2D eigenvalue weighted by Crippen LogP contribution is -2.59. The van der Waals surface area contributed by atoms with Gasteiger partial charge in [0.25, 0.3) is 0 Å². The van der Waals surface area contributed by atoms with E-state index < -0.39 is 5.60 Å². The highest BCUT2D eigenvalue weighted by molar-refractivity contribution is 5.65. The molecule has 3 aromatic rings. The van der Waals surface area contributed by atoms with Crippen molar-refractivity contribution in [3.05, 3.63) is 60.4 Å². The van der Waals surface area contributed by atoms with E-state index in [1.54, 1.807) is 6.20 Å². The Morgan fingerprint density at radius 1 is 0.906 bits per heavy atom. The third-order valence-corrected chi connectivity index (χ3v) is 7.53. The largest absolute Gasteiger partial charge is 0.390 e. The van der Waals surface area contributed by atoms with Crippen LogP contribution >= 0.6 is 0 Å². The molecular formula is C26H29N5O. The summed E-state index contributed by atoms with van der Waals surface area (Å²) in [4.78, 5) is 13.8. The molecule has 32 heavy (non-hydrogen) atoms. The molecule has 4 fully saturated rings. The molecule has 4 aliphatic rings. The van der Waals surface area contributed by atoms with Gasteiger partial charge in [-0.1, -0.05) is 6.07 Å². The third-order valence-electron chi connectivity index (χ3n) is 7.53. The van der Waals surface area contributed by atoms with Gasteiger partial charge in [0.2, 0.25) is 0 Å². The van der Waals surface area contributed by atoms with Crippen LogP contribution in [0.25, 0.3) is 11.3 Å². The molecule has 0 aromatic carbocycles. The number of rotatable bonds is 5. The van der Waals surface area contributed by atoms with E-state index in [0.29, 0.717) is 23.8 Å². The molecule has 6 nitrogen and oxygen atoms in total. The zero-order valence-corrected chi connectivity index (χ0v) is 18.3. The van der Waals surface area contributed by atoms with Crippen molar-refractivity contribution in [2.75, 3.05) is 10.6 Å². The fourth-order valence-electron chi connectivity index (χ4n) is 6.46. The molecule has 0 saturated heterocycles. The van der Waals surface area contributed by atoms with E-state index in [-0.39, 0.29) is 0 Å². The predicted molar refractivity (Wildman–Crippen MR) is 126 cm³/mol. The quantitative estimate of drug-likeness (QED) is 0.535. The molecule has 0 aliphatic heterocycles. The first kappa shape index (κ1) is 19.7. The summed E-state index contributed by atoms with van der Waals surface area (Å²) in [5.74, 6) is 4.24. The van der Waals surface area contributed by atoms with Crippen LogP contribution in [0.15, 0.2) is 54.9 Å². The molecule has 0 radical (unpaired) electrons. The SMILES string of the molecule is Cc1ccnc(Nc2cccc(-c3ccnc(N[C@H]4C5CC6(O)CC4C[C@H](C5)C6)c3)n2)c1. The first-order chi connectivity index (χ1) is 15.5. The van der Waals surface area contributed by atoms with Crippen molar-refractivity contribution in [1.82, 2.24) is 15.0 Å². The van der Waals surface area contributed by atoms with Gasteiger partial charge in [-0.05, 0) is 98.7 Å². The van der Waals surface area contributed by atoms with E-state index in [4.69, 9.17) is 4.98 Å². The van der Waals surface area contributed by atoms with E-state index in [9.17, 15) is 5.11 Å². The number of hydrogen-bond donors (Lipinski definition) is 3. The molecule has 3 N–H and O–H groups in total. The van der Waals surface area contributed by atoms with Crippen molar-refractivity contribution in [3.8, 4) is 11.3 Å². The maximum Gasteiger partial charge on any atom is 0.132 e. The average Bonchev–Trinajstić information content (AvgIpc) is 2.76. The lowest BCUT2D eigenvalue weighted by molar-refractivity contribution is -0.129. The van der Waals surface area contributed by atoms with Gasteiger partial charge in [-0.2, -0.15) is 0 Å². The second-order valence-corrected chi connectivity index (χ2v) is 10.0. The van der Waals surface area contributed by atoms with Crippen LogP contribution in [0.1, 0.15) is 37.7 Å². The molecule has 2 atom stereocenters. The fraction of sp³-hybridized carbons (Fsp3) is 0.423. The van der Waals surface area contributed by atoms with Crippen LogP contribution in [0.2, 0.25) is 0 Å². The summed E-state index contributed by atoms with van der Waals surface area (Å²) in [5.41, 5.74) is 2.67. The highest BCUT2D eigenvalue weighted by Gasteiger charge is 2.54. The topological polar surface area (TPSA) is 83.0 Å². The Bertz CT molecular complexity index is 1130. The van der Waals surface area contributed by atoms with E-state index in [1.807, 2.05) is 49.5 Å². The Labute approximate surface area is 188 Å². The maximum atomic E-state index is 10.9. The zero-order valence-electron chi connectivity index (χ0n) is 18.3. The first-order valence-corrected chi connectivity index (χ1v) is 11.7. The molecule has 7 rings (SSSR count). The summed E-state index contributed by atoms with van der Waals surface area (Å²) in [5, 5.41) is 17.9. The minimum absolute atomic E-state index is 0.405. The Balaban J connectivity index is 1.21. The van der Waals surface area contributed by atoms with Gasteiger partial charge in [0.15, 0.2) is 0 Å². The number of nitrogens with zero attached hydrogens (tertiary/aromatic N) is 3. The van der Waals surface area contributed by atoms with Crippen molar-refractivity contribution in [1.29, 1.82) is 0 Å². The number of aryl methyl sites for hydroxylation is 1. The number of nitrogens with one attached hydrogen (secondary N) is 2. The fourth-order valence-corrected chi connectivity index (χ4v) is 6.46. The Hall–Kier alpha value is -2.99. The summed E-state index contributed by atoms with van der Waals surface area (Å²) in [6, 6.07) is 14.5. The van der Waals surface area contributed by atoms with Gasteiger partial charge < -0.3 is 15.7 Å². The summed E-state index contributed by atoms with van der Waals surface area (Å²) in [6.07, 6.45) is 8.99. The molecule has 4 saturated carbocycles. The van der Waals surface area contributed by atoms with Crippen LogP contribution in [0.3, 0.4) is 0 Å². The lowest BCUT2D eigenvalue weighted by atomic mass is 9.52. The number of pyridine rings is 3. The Morgan fingerprint density at radius 2 is 1.69 bits per heavy atom. The highest BCUT2D eigenvalue weighted by atomic mass is 16.3. The highest BCUT2D eigenvalue weighted by Crippen LogP contribution is 2.56. The van der Waals surface area contributed by atoms with E-state index in [0.717, 1.165) is 53.5 Å². The summed E-state index contributed by atoms with van der Waals surface area (Å²) >= 11 is 0. The van der Waals surface area contributed by atoms with Crippen LogP contribution in [0.5, 0.6) is 0 Å². The van der Waals surface area contributed by atoms with Crippen LogP contribution in [-0.2, 0) is 0 Å². The standard InChI is InChI=1S/C26H29N5O/c1-16-5-7-27-23(9-16)30-22-4-2-3-21(29-22)18-6-8-28-24(12-18)31-25-19-10-17-11-20(25)15-26(32,13-17)14-19/h2-9,12,17,19-20,25,32H,10-11,13-15H2,1H3,(H,28,31)(H,27,29,30)/t17-,19?,20?,25-,26?. The Kier molecular flexibility index (Phi) is 4.65. The molecule has 4 aliphatic carbocycles. The minimum atomic E-state index is -0.409. The van der Waals surface area contributed by atoms with Crippen LogP contribution < -0.4 is 10.6 Å². The molecule has 4 bridgehead atoms. The molecule has 2 unspecified atom stereocenters. The number of anilines is 3. The van der Waals surface area contributed by atoms with Gasteiger partial charge in [0.05, 0.1) is 11.3 Å². The van der Waals surface area contributed by atoms with Gasteiger partial charge >= 0.3 is 0 Å². The third kappa shape index (κ3) is 3.73. The lowest BCUT2D eigenvalue weighted by Gasteiger charge is -2.58. The smallest absolute Gasteiger partial charge is 0.132 e. The maximum absolute atomic E-state index is 10.9. The van der Waals surface area contributed by atoms with Crippen LogP contribution in [0, 0.1) is 24.7 Å². The predicted octanol–water partition coefficient (Wildman–Crippen LogP) is 4.94. The van der Waals surface area contributed by atoms with Gasteiger partial charge in [-0.15, -0.1) is 0 Å². The van der Waals surface area contributed by atoms with Crippen molar-refractivity contribution >= 4 is 17.5 Å². The average molecular weight is 428 g/mol. The molecule has 164 valence electrons. The molecule has 6 heteroatoms. The first-order valence-electron chi connectivity index (χ1n) is 11.7. The van der Waals surface area contributed by atoms with Crippen molar-refractivity contribution in [2.24, 2.45) is 17.8 Å². The summed E-state index contributed by atoms with van der Waals surface area (Å²) < 4.78 is 0. The molecule has 0 amide bonds. The number of aromatic nitrogens is 3. The summed E-state index contributed by atoms with van der Waals surface area (Å²) in [7, 11) is 0. The van der Waals surface area contributed by atoms with E-state index in [2.05, 4.69) is 26.7 Å². The molecule has 3 heterocycles. The van der Waals surface area contributed by atoms with Gasteiger partial charge in [0, 0.05) is 24.0 Å². The van der Waals surface area contributed by atoms with Gasteiger partial charge in [-0.25, -0.2) is 15.0 Å². The molecule has 0 spiro atoms. The monoisotopic (exact) mass is 427 g/mol. The normalized spacial score (nSPS) is 30.3. The number of aliphatic hydroxyl groups is 1. The van der Waals surface area contributed by atoms with Gasteiger partial charge in [0.1, 0.15) is 17.5 Å². The molecule has 3 aromatic heterocycles. The van der Waals surface area contributed by atoms with Crippen molar-refractivity contribution < 1.29 is 5.11 Å². The van der Waals surface area contributed by atoms with E-state index >= 15 is 0 Å². The number of hydrogen-bond acceptors (Lipinski definition) is 6. The summed E-state index contributed by atoms with van der Waals surface area (Å²) in [6.45, 7) is 2.05.